The van der Waals surface area contributed by atoms with Gasteiger partial charge in [0.1, 0.15) is 5.65 Å². The lowest BCUT2D eigenvalue weighted by atomic mass is 9.92. The molecule has 1 atom stereocenters. The summed E-state index contributed by atoms with van der Waals surface area (Å²) < 4.78 is 1.95. The summed E-state index contributed by atoms with van der Waals surface area (Å²) >= 11 is 0. The minimum atomic E-state index is -0.813. The molecule has 0 aliphatic carbocycles. The van der Waals surface area contributed by atoms with Gasteiger partial charge in [-0.05, 0) is 24.6 Å². The molecule has 1 N–H and O–H groups in total. The largest absolute Gasteiger partial charge is 0.481 e. The first-order chi connectivity index (χ1) is 10.1. The quantitative estimate of drug-likeness (QED) is 0.798. The maximum Gasteiger partial charge on any atom is 0.304 e. The number of benzene rings is 1. The van der Waals surface area contributed by atoms with Crippen molar-refractivity contribution in [2.24, 2.45) is 0 Å². The predicted molar refractivity (Wildman–Crippen MR) is 80.5 cm³/mol. The topological polar surface area (TPSA) is 54.6 Å². The first-order valence-electron chi connectivity index (χ1n) is 6.85. The number of pyridine rings is 1. The van der Waals surface area contributed by atoms with Crippen LogP contribution in [0.15, 0.2) is 54.9 Å². The summed E-state index contributed by atoms with van der Waals surface area (Å²) in [5, 5.41) is 9.24. The molecule has 1 aromatic carbocycles. The Bertz CT molecular complexity index is 775. The van der Waals surface area contributed by atoms with Crippen molar-refractivity contribution in [3.63, 3.8) is 0 Å². The number of carboxylic acid groups (broad SMARTS) is 1. The molecule has 0 aliphatic rings. The molecule has 0 amide bonds. The zero-order valence-corrected chi connectivity index (χ0v) is 11.7. The zero-order valence-electron chi connectivity index (χ0n) is 11.7. The zero-order chi connectivity index (χ0) is 14.8. The fourth-order valence-electron chi connectivity index (χ4n) is 2.58. The molecule has 2 aromatic heterocycles. The van der Waals surface area contributed by atoms with Gasteiger partial charge in [0.2, 0.25) is 0 Å². The third kappa shape index (κ3) is 2.65. The van der Waals surface area contributed by atoms with Gasteiger partial charge in [-0.1, -0.05) is 35.9 Å². The van der Waals surface area contributed by atoms with Gasteiger partial charge in [-0.2, -0.15) is 0 Å². The Morgan fingerprint density at radius 3 is 2.71 bits per heavy atom. The molecule has 4 heteroatoms. The van der Waals surface area contributed by atoms with E-state index in [2.05, 4.69) is 4.98 Å². The van der Waals surface area contributed by atoms with E-state index in [1.807, 2.05) is 60.0 Å². The van der Waals surface area contributed by atoms with E-state index in [0.29, 0.717) is 0 Å². The lowest BCUT2D eigenvalue weighted by Gasteiger charge is -2.15. The van der Waals surface area contributed by atoms with E-state index in [-0.39, 0.29) is 12.3 Å². The van der Waals surface area contributed by atoms with Crippen molar-refractivity contribution in [2.45, 2.75) is 19.3 Å². The van der Waals surface area contributed by atoms with Crippen molar-refractivity contribution in [1.29, 1.82) is 0 Å². The summed E-state index contributed by atoms with van der Waals surface area (Å²) in [5.41, 5.74) is 3.88. The van der Waals surface area contributed by atoms with E-state index in [1.165, 1.54) is 0 Å². The van der Waals surface area contributed by atoms with Gasteiger partial charge in [0.25, 0.3) is 0 Å². The lowest BCUT2D eigenvalue weighted by Crippen LogP contribution is -2.10. The monoisotopic (exact) mass is 280 g/mol. The summed E-state index contributed by atoms with van der Waals surface area (Å²) in [6.07, 6.45) is 3.73. The van der Waals surface area contributed by atoms with Crippen molar-refractivity contribution >= 4 is 11.6 Å². The second kappa shape index (κ2) is 5.40. The number of fused-ring (bicyclic) bond motifs is 1. The van der Waals surface area contributed by atoms with Gasteiger partial charge in [-0.3, -0.25) is 4.79 Å². The van der Waals surface area contributed by atoms with Crippen molar-refractivity contribution in [2.75, 3.05) is 0 Å². The highest BCUT2D eigenvalue weighted by Crippen LogP contribution is 2.28. The first kappa shape index (κ1) is 13.4. The van der Waals surface area contributed by atoms with Crippen LogP contribution in [0.3, 0.4) is 0 Å². The van der Waals surface area contributed by atoms with Gasteiger partial charge in [0, 0.05) is 18.3 Å². The van der Waals surface area contributed by atoms with E-state index in [0.717, 1.165) is 22.5 Å². The molecule has 106 valence electrons. The number of imidazole rings is 1. The number of nitrogens with zero attached hydrogens (tertiary/aromatic N) is 2. The molecule has 0 saturated heterocycles. The minimum absolute atomic E-state index is 0.0474. The predicted octanol–water partition coefficient (Wildman–Crippen LogP) is 3.25. The van der Waals surface area contributed by atoms with Crippen LogP contribution in [0.5, 0.6) is 0 Å². The van der Waals surface area contributed by atoms with Crippen molar-refractivity contribution in [3.05, 3.63) is 71.7 Å². The van der Waals surface area contributed by atoms with Crippen LogP contribution in [0.25, 0.3) is 5.65 Å². The Kier molecular flexibility index (Phi) is 3.44. The molecule has 3 rings (SSSR count). The first-order valence-corrected chi connectivity index (χ1v) is 6.85. The molecule has 0 bridgehead atoms. The van der Waals surface area contributed by atoms with Crippen molar-refractivity contribution in [1.82, 2.24) is 9.38 Å². The standard InChI is InChI=1S/C17H16N2O2/c1-12-5-7-13(8-6-12)14(10-17(20)21)15-11-18-16-4-2-3-9-19(15)16/h2-9,11,14H,10H2,1H3,(H,20,21). The summed E-state index contributed by atoms with van der Waals surface area (Å²) in [4.78, 5) is 15.6. The maximum absolute atomic E-state index is 11.3. The SMILES string of the molecule is Cc1ccc(C(CC(=O)O)c2cnc3ccccn23)cc1. The lowest BCUT2D eigenvalue weighted by molar-refractivity contribution is -0.137. The second-order valence-electron chi connectivity index (χ2n) is 5.17. The summed E-state index contributed by atoms with van der Waals surface area (Å²) in [6, 6.07) is 13.8. The third-order valence-electron chi connectivity index (χ3n) is 3.66. The Morgan fingerprint density at radius 1 is 1.24 bits per heavy atom. The van der Waals surface area contributed by atoms with Crippen molar-refractivity contribution in [3.8, 4) is 0 Å². The molecular weight excluding hydrogens is 264 g/mol. The molecule has 0 fully saturated rings. The number of carboxylic acids is 1. The number of rotatable bonds is 4. The molecule has 0 saturated carbocycles. The highest BCUT2D eigenvalue weighted by Gasteiger charge is 2.21. The molecule has 1 unspecified atom stereocenters. The van der Waals surface area contributed by atoms with Gasteiger partial charge in [0.15, 0.2) is 0 Å². The maximum atomic E-state index is 11.3. The van der Waals surface area contributed by atoms with Crippen molar-refractivity contribution < 1.29 is 9.90 Å². The molecule has 2 heterocycles. The number of carbonyl (C=O) groups is 1. The van der Waals surface area contributed by atoms with Crippen LogP contribution in [0.2, 0.25) is 0 Å². The third-order valence-corrected chi connectivity index (χ3v) is 3.66. The normalized spacial score (nSPS) is 12.4. The molecule has 0 spiro atoms. The molecule has 0 radical (unpaired) electrons. The molecule has 4 nitrogen and oxygen atoms in total. The number of hydrogen-bond acceptors (Lipinski definition) is 2. The molecule has 21 heavy (non-hydrogen) atoms. The van der Waals surface area contributed by atoms with Crippen LogP contribution in [0, 0.1) is 6.92 Å². The highest BCUT2D eigenvalue weighted by molar-refractivity contribution is 5.69. The average Bonchev–Trinajstić information content (AvgIpc) is 2.89. The van der Waals surface area contributed by atoms with Gasteiger partial charge < -0.3 is 9.51 Å². The minimum Gasteiger partial charge on any atom is -0.481 e. The van der Waals surface area contributed by atoms with E-state index in [9.17, 15) is 9.90 Å². The number of aromatic nitrogens is 2. The Balaban J connectivity index is 2.11. The Morgan fingerprint density at radius 2 is 2.00 bits per heavy atom. The smallest absolute Gasteiger partial charge is 0.304 e. The number of aryl methyl sites for hydroxylation is 1. The average molecular weight is 280 g/mol. The summed E-state index contributed by atoms with van der Waals surface area (Å²) in [5.74, 6) is -1.02. The van der Waals surface area contributed by atoms with Gasteiger partial charge in [-0.25, -0.2) is 4.98 Å². The number of hydrogen-bond donors (Lipinski definition) is 1. The van der Waals surface area contributed by atoms with E-state index in [1.54, 1.807) is 6.20 Å². The molecular formula is C17H16N2O2. The van der Waals surface area contributed by atoms with Crippen LogP contribution < -0.4 is 0 Å². The number of aliphatic carboxylic acids is 1. The highest BCUT2D eigenvalue weighted by atomic mass is 16.4. The summed E-state index contributed by atoms with van der Waals surface area (Å²) in [7, 11) is 0. The Hall–Kier alpha value is -2.62. The fraction of sp³-hybridized carbons (Fsp3) is 0.176. The van der Waals surface area contributed by atoms with Crippen LogP contribution in [-0.4, -0.2) is 20.5 Å². The Labute approximate surface area is 122 Å². The summed E-state index contributed by atoms with van der Waals surface area (Å²) in [6.45, 7) is 2.02. The van der Waals surface area contributed by atoms with E-state index < -0.39 is 5.97 Å². The van der Waals surface area contributed by atoms with Gasteiger partial charge in [-0.15, -0.1) is 0 Å². The van der Waals surface area contributed by atoms with Crippen LogP contribution in [0.1, 0.15) is 29.2 Å². The molecule has 3 aromatic rings. The second-order valence-corrected chi connectivity index (χ2v) is 5.17. The van der Waals surface area contributed by atoms with Gasteiger partial charge >= 0.3 is 5.97 Å². The fourth-order valence-corrected chi connectivity index (χ4v) is 2.58. The molecule has 0 aliphatic heterocycles. The van der Waals surface area contributed by atoms with Crippen LogP contribution in [-0.2, 0) is 4.79 Å². The van der Waals surface area contributed by atoms with E-state index in [4.69, 9.17) is 0 Å². The van der Waals surface area contributed by atoms with Crippen LogP contribution >= 0.6 is 0 Å². The van der Waals surface area contributed by atoms with Gasteiger partial charge in [0.05, 0.1) is 12.1 Å². The van der Waals surface area contributed by atoms with E-state index >= 15 is 0 Å². The van der Waals surface area contributed by atoms with Crippen LogP contribution in [0.4, 0.5) is 0 Å².